The lowest BCUT2D eigenvalue weighted by molar-refractivity contribution is 0.430. The molecule has 30 heavy (non-hydrogen) atoms. The van der Waals surface area contributed by atoms with E-state index < -0.39 is 5.82 Å². The second-order valence-electron chi connectivity index (χ2n) is 6.52. The summed E-state index contributed by atoms with van der Waals surface area (Å²) in [6, 6.07) is 19.7. The third-order valence-electron chi connectivity index (χ3n) is 4.59. The molecular weight excluding hydrogens is 407 g/mol. The molecule has 0 unspecified atom stereocenters. The summed E-state index contributed by atoms with van der Waals surface area (Å²) < 4.78 is 20.2. The van der Waals surface area contributed by atoms with Crippen LogP contribution < -0.4 is 5.56 Å². The van der Waals surface area contributed by atoms with Gasteiger partial charge in [-0.15, -0.1) is 0 Å². The van der Waals surface area contributed by atoms with E-state index in [9.17, 15) is 9.18 Å². The molecule has 0 aliphatic heterocycles. The van der Waals surface area contributed by atoms with Gasteiger partial charge in [0, 0.05) is 16.0 Å². The zero-order valence-electron chi connectivity index (χ0n) is 15.3. The van der Waals surface area contributed by atoms with Gasteiger partial charge >= 0.3 is 0 Å². The Hall–Kier alpha value is -3.84. The highest BCUT2D eigenvalue weighted by Gasteiger charge is 2.19. The van der Waals surface area contributed by atoms with Crippen LogP contribution in [0.15, 0.2) is 82.1 Å². The first kappa shape index (κ1) is 18.2. The van der Waals surface area contributed by atoms with Crippen LogP contribution >= 0.6 is 11.6 Å². The molecule has 6 nitrogen and oxygen atoms in total. The van der Waals surface area contributed by atoms with E-state index in [0.29, 0.717) is 32.7 Å². The van der Waals surface area contributed by atoms with Crippen molar-refractivity contribution in [1.29, 1.82) is 0 Å². The number of hydrogen-bond acceptors (Lipinski definition) is 5. The van der Waals surface area contributed by atoms with Crippen molar-refractivity contribution in [2.24, 2.45) is 0 Å². The van der Waals surface area contributed by atoms with Crippen LogP contribution in [0.25, 0.3) is 39.4 Å². The summed E-state index contributed by atoms with van der Waals surface area (Å²) in [5, 5.41) is 10.00. The summed E-state index contributed by atoms with van der Waals surface area (Å²) in [4.78, 5) is 17.4. The lowest BCUT2D eigenvalue weighted by atomic mass is 10.1. The maximum Gasteiger partial charge on any atom is 0.279 e. The monoisotopic (exact) mass is 418 g/mol. The van der Waals surface area contributed by atoms with Gasteiger partial charge in [0.2, 0.25) is 5.82 Å². The van der Waals surface area contributed by atoms with Crippen LogP contribution in [0, 0.1) is 5.82 Å². The lowest BCUT2D eigenvalue weighted by Crippen LogP contribution is -2.22. The maximum absolute atomic E-state index is 13.6. The molecule has 0 saturated carbocycles. The van der Waals surface area contributed by atoms with Crippen LogP contribution in [-0.4, -0.2) is 19.9 Å². The Morgan fingerprint density at radius 1 is 0.933 bits per heavy atom. The van der Waals surface area contributed by atoms with E-state index in [1.54, 1.807) is 60.7 Å². The number of hydrogen-bond donors (Lipinski definition) is 0. The van der Waals surface area contributed by atoms with Crippen molar-refractivity contribution in [2.75, 3.05) is 0 Å². The Labute approximate surface area is 174 Å². The first-order valence-corrected chi connectivity index (χ1v) is 9.36. The number of rotatable bonds is 3. The SMILES string of the molecule is O=c1c2ccccc2c(-c2nc(-c3cccc(F)c3)no2)nn1-c1ccc(Cl)cc1. The summed E-state index contributed by atoms with van der Waals surface area (Å²) in [6.07, 6.45) is 0. The zero-order chi connectivity index (χ0) is 20.7. The molecule has 0 saturated heterocycles. The molecule has 2 heterocycles. The second kappa shape index (κ2) is 7.20. The Kier molecular flexibility index (Phi) is 4.37. The number of fused-ring (bicyclic) bond motifs is 1. The van der Waals surface area contributed by atoms with Gasteiger partial charge < -0.3 is 4.52 Å². The molecule has 0 aliphatic carbocycles. The summed E-state index contributed by atoms with van der Waals surface area (Å²) in [5.41, 5.74) is 1.07. The minimum atomic E-state index is -0.404. The summed E-state index contributed by atoms with van der Waals surface area (Å²) >= 11 is 5.97. The molecule has 0 N–H and O–H groups in total. The number of nitrogens with zero attached hydrogens (tertiary/aromatic N) is 4. The van der Waals surface area contributed by atoms with E-state index >= 15 is 0 Å². The predicted octanol–water partition coefficient (Wildman–Crippen LogP) is 4.90. The zero-order valence-corrected chi connectivity index (χ0v) is 16.0. The molecule has 3 aromatic carbocycles. The van der Waals surface area contributed by atoms with Crippen molar-refractivity contribution in [2.45, 2.75) is 0 Å². The van der Waals surface area contributed by atoms with Crippen LogP contribution in [0.1, 0.15) is 0 Å². The van der Waals surface area contributed by atoms with E-state index in [0.717, 1.165) is 0 Å². The molecular formula is C22H12ClFN4O2. The summed E-state index contributed by atoms with van der Waals surface area (Å²) in [7, 11) is 0. The Morgan fingerprint density at radius 2 is 1.70 bits per heavy atom. The third-order valence-corrected chi connectivity index (χ3v) is 4.84. The molecule has 2 aromatic heterocycles. The van der Waals surface area contributed by atoms with Gasteiger partial charge in [-0.1, -0.05) is 47.1 Å². The second-order valence-corrected chi connectivity index (χ2v) is 6.96. The van der Waals surface area contributed by atoms with Crippen LogP contribution in [0.2, 0.25) is 5.02 Å². The van der Waals surface area contributed by atoms with E-state index in [4.69, 9.17) is 16.1 Å². The van der Waals surface area contributed by atoms with Crippen LogP contribution in [-0.2, 0) is 0 Å². The lowest BCUT2D eigenvalue weighted by Gasteiger charge is -2.09. The van der Waals surface area contributed by atoms with Crippen LogP contribution in [0.5, 0.6) is 0 Å². The number of benzene rings is 3. The molecule has 0 atom stereocenters. The molecule has 5 aromatic rings. The fraction of sp³-hybridized carbons (Fsp3) is 0. The number of aromatic nitrogens is 4. The standard InChI is InChI=1S/C22H12ClFN4O2/c23-14-8-10-16(11-9-14)28-22(29)18-7-2-1-6-17(18)19(26-28)21-25-20(27-30-21)13-4-3-5-15(24)12-13/h1-12H. The molecule has 0 radical (unpaired) electrons. The summed E-state index contributed by atoms with van der Waals surface area (Å²) in [5.74, 6) is -0.0634. The van der Waals surface area contributed by atoms with E-state index in [2.05, 4.69) is 15.2 Å². The topological polar surface area (TPSA) is 73.8 Å². The van der Waals surface area contributed by atoms with Gasteiger partial charge in [0.1, 0.15) is 5.82 Å². The third kappa shape index (κ3) is 3.15. The highest BCUT2D eigenvalue weighted by molar-refractivity contribution is 6.30. The maximum atomic E-state index is 13.6. The largest absolute Gasteiger partial charge is 0.332 e. The Morgan fingerprint density at radius 3 is 2.47 bits per heavy atom. The van der Waals surface area contributed by atoms with Gasteiger partial charge in [-0.05, 0) is 42.5 Å². The normalized spacial score (nSPS) is 11.1. The first-order valence-electron chi connectivity index (χ1n) is 8.98. The van der Waals surface area contributed by atoms with E-state index in [-0.39, 0.29) is 17.3 Å². The molecule has 0 amide bonds. The minimum Gasteiger partial charge on any atom is -0.332 e. The van der Waals surface area contributed by atoms with Gasteiger partial charge in [-0.25, -0.2) is 4.39 Å². The highest BCUT2D eigenvalue weighted by atomic mass is 35.5. The van der Waals surface area contributed by atoms with Crippen LogP contribution in [0.3, 0.4) is 0 Å². The quantitative estimate of drug-likeness (QED) is 0.417. The molecule has 0 fully saturated rings. The summed E-state index contributed by atoms with van der Waals surface area (Å²) in [6.45, 7) is 0. The molecule has 0 spiro atoms. The molecule has 8 heteroatoms. The predicted molar refractivity (Wildman–Crippen MR) is 111 cm³/mol. The van der Waals surface area contributed by atoms with Gasteiger partial charge in [0.15, 0.2) is 5.69 Å². The van der Waals surface area contributed by atoms with Crippen molar-refractivity contribution in [1.82, 2.24) is 19.9 Å². The van der Waals surface area contributed by atoms with E-state index in [1.807, 2.05) is 0 Å². The Balaban J connectivity index is 1.72. The van der Waals surface area contributed by atoms with E-state index in [1.165, 1.54) is 16.8 Å². The fourth-order valence-electron chi connectivity index (χ4n) is 3.17. The van der Waals surface area contributed by atoms with Gasteiger partial charge in [0.05, 0.1) is 11.1 Å². The molecule has 0 bridgehead atoms. The minimum absolute atomic E-state index is 0.119. The average molecular weight is 419 g/mol. The highest BCUT2D eigenvalue weighted by Crippen LogP contribution is 2.26. The van der Waals surface area contributed by atoms with Gasteiger partial charge in [-0.3, -0.25) is 4.79 Å². The molecule has 5 rings (SSSR count). The van der Waals surface area contributed by atoms with Crippen molar-refractivity contribution in [3.05, 3.63) is 94.0 Å². The first-order chi connectivity index (χ1) is 14.6. The van der Waals surface area contributed by atoms with Crippen molar-refractivity contribution in [3.8, 4) is 28.7 Å². The molecule has 146 valence electrons. The Bertz CT molecular complexity index is 1440. The van der Waals surface area contributed by atoms with Crippen LogP contribution in [0.4, 0.5) is 4.39 Å². The smallest absolute Gasteiger partial charge is 0.279 e. The van der Waals surface area contributed by atoms with Crippen molar-refractivity contribution >= 4 is 22.4 Å². The van der Waals surface area contributed by atoms with Crippen molar-refractivity contribution < 1.29 is 8.91 Å². The van der Waals surface area contributed by atoms with Crippen molar-refractivity contribution in [3.63, 3.8) is 0 Å². The average Bonchev–Trinajstić information content (AvgIpc) is 3.25. The molecule has 0 aliphatic rings. The van der Waals surface area contributed by atoms with Gasteiger partial charge in [0.25, 0.3) is 11.4 Å². The van der Waals surface area contributed by atoms with Gasteiger partial charge in [-0.2, -0.15) is 14.8 Å². The fourth-order valence-corrected chi connectivity index (χ4v) is 3.30. The number of halogens is 2.